The second-order valence-electron chi connectivity index (χ2n) is 9.67. The van der Waals surface area contributed by atoms with Crippen molar-refractivity contribution in [3.8, 4) is 22.8 Å². The van der Waals surface area contributed by atoms with E-state index >= 15 is 0 Å². The van der Waals surface area contributed by atoms with Crippen LogP contribution < -0.4 is 10.1 Å². The summed E-state index contributed by atoms with van der Waals surface area (Å²) in [5.41, 5.74) is 7.29. The topological polar surface area (TPSA) is 110 Å². The van der Waals surface area contributed by atoms with Gasteiger partial charge >= 0.3 is 0 Å². The molecule has 9 heteroatoms. The van der Waals surface area contributed by atoms with E-state index in [9.17, 15) is 9.90 Å². The summed E-state index contributed by atoms with van der Waals surface area (Å²) in [4.78, 5) is 19.5. The number of pyridine rings is 1. The number of anilines is 1. The van der Waals surface area contributed by atoms with Gasteiger partial charge in [0, 0.05) is 65.0 Å². The monoisotopic (exact) mass is 506 g/mol. The number of hydrogen-bond acceptors (Lipinski definition) is 5. The van der Waals surface area contributed by atoms with E-state index in [1.54, 1.807) is 24.5 Å². The summed E-state index contributed by atoms with van der Waals surface area (Å²) < 4.78 is 10.1. The molecule has 3 N–H and O–H groups in total. The Hall–Kier alpha value is -4.79. The van der Waals surface area contributed by atoms with Gasteiger partial charge in [-0.05, 0) is 55.7 Å². The number of aryl methyl sites for hydroxylation is 4. The number of H-pyrrole nitrogens is 1. The zero-order valence-electron chi connectivity index (χ0n) is 21.1. The van der Waals surface area contributed by atoms with Crippen LogP contribution in [-0.2, 0) is 31.2 Å². The van der Waals surface area contributed by atoms with Crippen molar-refractivity contribution >= 4 is 44.2 Å². The minimum atomic E-state index is -0.256. The predicted octanol–water partition coefficient (Wildman–Crippen LogP) is 4.91. The summed E-state index contributed by atoms with van der Waals surface area (Å²) >= 11 is 0. The van der Waals surface area contributed by atoms with Gasteiger partial charge in [0.05, 0.1) is 28.5 Å². The Kier molecular flexibility index (Phi) is 4.94. The number of aromatic hydroxyl groups is 1. The number of benzene rings is 2. The van der Waals surface area contributed by atoms with Crippen LogP contribution in [0.1, 0.15) is 18.2 Å². The van der Waals surface area contributed by atoms with Crippen LogP contribution in [0.15, 0.2) is 55.1 Å². The van der Waals surface area contributed by atoms with Crippen LogP contribution in [0.4, 0.5) is 5.69 Å². The molecule has 0 saturated heterocycles. The average molecular weight is 507 g/mol. The Bertz CT molecular complexity index is 1880. The lowest BCUT2D eigenvalue weighted by Crippen LogP contribution is -2.20. The average Bonchev–Trinajstić information content (AvgIpc) is 3.59. The molecule has 7 rings (SSSR count). The lowest BCUT2D eigenvalue weighted by molar-refractivity contribution is -0.118. The molecule has 38 heavy (non-hydrogen) atoms. The Morgan fingerprint density at radius 3 is 2.92 bits per heavy atom. The molecule has 190 valence electrons. The molecule has 0 unspecified atom stereocenters. The molecule has 6 aromatic rings. The first-order chi connectivity index (χ1) is 18.5. The van der Waals surface area contributed by atoms with Gasteiger partial charge in [-0.2, -0.15) is 5.10 Å². The number of ether oxygens (including phenoxy) is 1. The van der Waals surface area contributed by atoms with Gasteiger partial charge in [0.15, 0.2) is 12.5 Å². The summed E-state index contributed by atoms with van der Waals surface area (Å²) in [6, 6.07) is 9.50. The van der Waals surface area contributed by atoms with Crippen molar-refractivity contribution in [3.05, 3.63) is 66.4 Å². The summed E-state index contributed by atoms with van der Waals surface area (Å²) in [6.45, 7) is 2.82. The van der Waals surface area contributed by atoms with Crippen molar-refractivity contribution < 1.29 is 14.6 Å². The molecule has 2 aromatic carbocycles. The van der Waals surface area contributed by atoms with Gasteiger partial charge in [0.25, 0.3) is 5.91 Å². The van der Waals surface area contributed by atoms with Crippen molar-refractivity contribution in [3.63, 3.8) is 0 Å². The van der Waals surface area contributed by atoms with Crippen LogP contribution in [0, 0.1) is 0 Å². The van der Waals surface area contributed by atoms with Crippen LogP contribution in [0.3, 0.4) is 0 Å². The van der Waals surface area contributed by atoms with Crippen LogP contribution in [-0.4, -0.2) is 41.9 Å². The van der Waals surface area contributed by atoms with Crippen molar-refractivity contribution in [2.24, 2.45) is 7.05 Å². The molecule has 1 amide bonds. The van der Waals surface area contributed by atoms with E-state index < -0.39 is 0 Å². The van der Waals surface area contributed by atoms with Crippen molar-refractivity contribution in [2.75, 3.05) is 11.9 Å². The van der Waals surface area contributed by atoms with Crippen LogP contribution in [0.25, 0.3) is 43.7 Å². The molecular formula is C29H26N6O3. The van der Waals surface area contributed by atoms with E-state index in [1.807, 2.05) is 36.3 Å². The number of amides is 1. The number of hydrogen-bond donors (Lipinski definition) is 3. The highest BCUT2D eigenvalue weighted by atomic mass is 16.5. The number of nitrogens with one attached hydrogen (secondary N) is 2. The van der Waals surface area contributed by atoms with Gasteiger partial charge in [0.2, 0.25) is 0 Å². The SMILES string of the molecule is CCn1c2ccc(OCC(=O)Nc3cccnc3)cc2c2c3c[nH]c(O)c3c3c(c21)CCc1nn(C)cc1-3. The van der Waals surface area contributed by atoms with Gasteiger partial charge < -0.3 is 24.7 Å². The van der Waals surface area contributed by atoms with E-state index in [0.717, 1.165) is 63.3 Å². The molecule has 0 radical (unpaired) electrons. The maximum Gasteiger partial charge on any atom is 0.262 e. The maximum atomic E-state index is 12.4. The third kappa shape index (κ3) is 3.28. The quantitative estimate of drug-likeness (QED) is 0.308. The highest BCUT2D eigenvalue weighted by molar-refractivity contribution is 6.26. The third-order valence-corrected chi connectivity index (χ3v) is 7.42. The Labute approximate surface area is 217 Å². The first kappa shape index (κ1) is 22.4. The summed E-state index contributed by atoms with van der Waals surface area (Å²) in [7, 11) is 1.94. The molecule has 0 aliphatic heterocycles. The molecule has 4 aromatic heterocycles. The Balaban J connectivity index is 1.38. The number of fused-ring (bicyclic) bond motifs is 10. The smallest absolute Gasteiger partial charge is 0.262 e. The van der Waals surface area contributed by atoms with Gasteiger partial charge in [-0.25, -0.2) is 0 Å². The van der Waals surface area contributed by atoms with Crippen molar-refractivity contribution in [1.29, 1.82) is 0 Å². The van der Waals surface area contributed by atoms with Crippen molar-refractivity contribution in [2.45, 2.75) is 26.3 Å². The number of aromatic nitrogens is 5. The standard InChI is InChI=1S/C29H26N6O3/c1-3-35-23-9-6-17(38-15-24(36)32-16-5-4-10-30-12-16)11-19(23)26-20-13-31-29(37)27(20)25-18(28(26)35)7-8-22-21(25)14-34(2)33-22/h4-6,9-14,31,37H,3,7-8,15H2,1-2H3,(H,32,36). The van der Waals surface area contributed by atoms with Crippen LogP contribution in [0.5, 0.6) is 11.6 Å². The fraction of sp³-hybridized carbons (Fsp3) is 0.207. The molecule has 0 bridgehead atoms. The number of aromatic amines is 1. The first-order valence-electron chi connectivity index (χ1n) is 12.7. The number of nitrogens with zero attached hydrogens (tertiary/aromatic N) is 4. The molecule has 9 nitrogen and oxygen atoms in total. The van der Waals surface area contributed by atoms with Crippen LogP contribution >= 0.6 is 0 Å². The van der Waals surface area contributed by atoms with Gasteiger partial charge in [-0.15, -0.1) is 0 Å². The molecule has 0 fully saturated rings. The van der Waals surface area contributed by atoms with E-state index in [4.69, 9.17) is 4.74 Å². The second kappa shape index (κ2) is 8.37. The van der Waals surface area contributed by atoms with E-state index in [2.05, 4.69) is 37.9 Å². The molecule has 1 aliphatic carbocycles. The fourth-order valence-corrected chi connectivity index (χ4v) is 5.97. The molecular weight excluding hydrogens is 480 g/mol. The summed E-state index contributed by atoms with van der Waals surface area (Å²) in [5.74, 6) is 0.509. The number of rotatable bonds is 5. The molecule has 0 spiro atoms. The van der Waals surface area contributed by atoms with E-state index in [-0.39, 0.29) is 18.4 Å². The normalized spacial score (nSPS) is 12.7. The maximum absolute atomic E-state index is 12.4. The van der Waals surface area contributed by atoms with Crippen molar-refractivity contribution in [1.82, 2.24) is 24.3 Å². The molecule has 1 aliphatic rings. The molecule has 0 atom stereocenters. The minimum Gasteiger partial charge on any atom is -0.494 e. The number of carbonyl (C=O) groups excluding carboxylic acids is 1. The highest BCUT2D eigenvalue weighted by Gasteiger charge is 2.29. The lowest BCUT2D eigenvalue weighted by Gasteiger charge is -2.20. The predicted molar refractivity (Wildman–Crippen MR) is 147 cm³/mol. The van der Waals surface area contributed by atoms with Gasteiger partial charge in [-0.3, -0.25) is 14.5 Å². The minimum absolute atomic E-state index is 0.119. The Morgan fingerprint density at radius 2 is 2.11 bits per heavy atom. The lowest BCUT2D eigenvalue weighted by atomic mass is 9.85. The zero-order chi connectivity index (χ0) is 26.0. The molecule has 4 heterocycles. The zero-order valence-corrected chi connectivity index (χ0v) is 21.1. The van der Waals surface area contributed by atoms with Gasteiger partial charge in [-0.1, -0.05) is 0 Å². The number of carbonyl (C=O) groups is 1. The van der Waals surface area contributed by atoms with E-state index in [0.29, 0.717) is 11.4 Å². The summed E-state index contributed by atoms with van der Waals surface area (Å²) in [6.07, 6.45) is 8.86. The first-order valence-corrected chi connectivity index (χ1v) is 12.7. The van der Waals surface area contributed by atoms with Crippen LogP contribution in [0.2, 0.25) is 0 Å². The summed E-state index contributed by atoms with van der Waals surface area (Å²) in [5, 5.41) is 22.3. The van der Waals surface area contributed by atoms with E-state index in [1.165, 1.54) is 11.1 Å². The highest BCUT2D eigenvalue weighted by Crippen LogP contribution is 2.49. The molecule has 0 saturated carbocycles. The largest absolute Gasteiger partial charge is 0.494 e. The fourth-order valence-electron chi connectivity index (χ4n) is 5.97. The van der Waals surface area contributed by atoms with Gasteiger partial charge in [0.1, 0.15) is 5.75 Å². The second-order valence-corrected chi connectivity index (χ2v) is 9.67. The third-order valence-electron chi connectivity index (χ3n) is 7.42. The Morgan fingerprint density at radius 1 is 1.21 bits per heavy atom.